The van der Waals surface area contributed by atoms with Crippen LogP contribution in [0.25, 0.3) is 10.9 Å². The zero-order valence-electron chi connectivity index (χ0n) is 9.29. The Bertz CT molecular complexity index is 556. The number of hydrogen-bond donors (Lipinski definition) is 1. The van der Waals surface area contributed by atoms with Crippen molar-refractivity contribution >= 4 is 22.9 Å². The molecule has 0 bridgehead atoms. The molecule has 1 aliphatic heterocycles. The summed E-state index contributed by atoms with van der Waals surface area (Å²) in [7, 11) is 2.12. The Hall–Kier alpha value is -1.77. The minimum atomic E-state index is 0.653. The van der Waals surface area contributed by atoms with Crippen LogP contribution in [0.15, 0.2) is 18.2 Å². The molecule has 0 saturated heterocycles. The average Bonchev–Trinajstić information content (AvgIpc) is 2.69. The lowest BCUT2D eigenvalue weighted by Crippen LogP contribution is -2.24. The summed E-state index contributed by atoms with van der Waals surface area (Å²) in [6, 6.07) is 6.26. The number of hydrogen-bond acceptors (Lipinski definition) is 2. The fourth-order valence-electron chi connectivity index (χ4n) is 2.48. The van der Waals surface area contributed by atoms with Crippen LogP contribution in [0.2, 0.25) is 0 Å². The van der Waals surface area contributed by atoms with Crippen molar-refractivity contribution in [2.24, 2.45) is 0 Å². The summed E-state index contributed by atoms with van der Waals surface area (Å²) in [5.41, 5.74) is 4.40. The second-order valence-corrected chi connectivity index (χ2v) is 4.44. The van der Waals surface area contributed by atoms with Crippen molar-refractivity contribution in [2.45, 2.75) is 12.8 Å². The maximum absolute atomic E-state index is 10.7. The highest BCUT2D eigenvalue weighted by molar-refractivity contribution is 5.91. The number of aromatic nitrogens is 1. The number of carbonyl (C=O) groups excluding carboxylic acids is 1. The van der Waals surface area contributed by atoms with Crippen molar-refractivity contribution < 1.29 is 4.79 Å². The van der Waals surface area contributed by atoms with E-state index in [1.54, 1.807) is 0 Å². The van der Waals surface area contributed by atoms with Crippen LogP contribution in [-0.2, 0) is 6.42 Å². The van der Waals surface area contributed by atoms with Crippen LogP contribution in [0.1, 0.15) is 22.5 Å². The summed E-state index contributed by atoms with van der Waals surface area (Å²) < 4.78 is 0. The van der Waals surface area contributed by atoms with Gasteiger partial charge in [0.25, 0.3) is 0 Å². The lowest BCUT2D eigenvalue weighted by Gasteiger charge is -2.27. The molecule has 0 amide bonds. The van der Waals surface area contributed by atoms with Gasteiger partial charge in [-0.1, -0.05) is 0 Å². The molecule has 0 atom stereocenters. The van der Waals surface area contributed by atoms with Gasteiger partial charge in [-0.3, -0.25) is 4.79 Å². The number of benzene rings is 1. The lowest BCUT2D eigenvalue weighted by molar-refractivity contribution is 0.112. The van der Waals surface area contributed by atoms with Gasteiger partial charge in [0.2, 0.25) is 0 Å². The summed E-state index contributed by atoms with van der Waals surface area (Å²) in [5.74, 6) is 0. The zero-order valence-corrected chi connectivity index (χ0v) is 9.29. The highest BCUT2D eigenvalue weighted by atomic mass is 16.1. The first-order valence-electron chi connectivity index (χ1n) is 5.60. The molecule has 2 heterocycles. The normalized spacial score (nSPS) is 15.2. The first-order valence-corrected chi connectivity index (χ1v) is 5.60. The van der Waals surface area contributed by atoms with Gasteiger partial charge in [0.15, 0.2) is 6.29 Å². The fraction of sp³-hybridized carbons (Fsp3) is 0.308. The lowest BCUT2D eigenvalue weighted by atomic mass is 10.0. The second kappa shape index (κ2) is 3.37. The van der Waals surface area contributed by atoms with Gasteiger partial charge in [-0.2, -0.15) is 0 Å². The first-order chi connectivity index (χ1) is 7.78. The van der Waals surface area contributed by atoms with E-state index in [4.69, 9.17) is 0 Å². The van der Waals surface area contributed by atoms with E-state index < -0.39 is 0 Å². The molecule has 1 aromatic carbocycles. The molecule has 0 unspecified atom stereocenters. The van der Waals surface area contributed by atoms with Gasteiger partial charge in [-0.25, -0.2) is 0 Å². The van der Waals surface area contributed by atoms with Crippen molar-refractivity contribution in [3.8, 4) is 0 Å². The van der Waals surface area contributed by atoms with Gasteiger partial charge in [0, 0.05) is 30.2 Å². The van der Waals surface area contributed by atoms with Gasteiger partial charge in [-0.15, -0.1) is 0 Å². The van der Waals surface area contributed by atoms with Gasteiger partial charge >= 0.3 is 0 Å². The van der Waals surface area contributed by atoms with Crippen LogP contribution in [0.4, 0.5) is 5.69 Å². The predicted octanol–water partition coefficient (Wildman–Crippen LogP) is 2.36. The Balaban J connectivity index is 2.23. The Morgan fingerprint density at radius 1 is 1.38 bits per heavy atom. The fourth-order valence-corrected chi connectivity index (χ4v) is 2.48. The van der Waals surface area contributed by atoms with E-state index in [2.05, 4.69) is 29.1 Å². The van der Waals surface area contributed by atoms with Gasteiger partial charge < -0.3 is 9.88 Å². The molecule has 0 aliphatic carbocycles. The van der Waals surface area contributed by atoms with Gasteiger partial charge in [0.1, 0.15) is 0 Å². The third kappa shape index (κ3) is 1.32. The van der Waals surface area contributed by atoms with E-state index in [-0.39, 0.29) is 0 Å². The number of anilines is 1. The van der Waals surface area contributed by atoms with Crippen molar-refractivity contribution in [3.63, 3.8) is 0 Å². The molecule has 0 fully saturated rings. The first kappa shape index (κ1) is 9.46. The van der Waals surface area contributed by atoms with Crippen LogP contribution in [0.3, 0.4) is 0 Å². The third-order valence-electron chi connectivity index (χ3n) is 3.32. The standard InChI is InChI=1S/C13H14N2O/c1-15-4-2-3-9-6-12-10(7-13(9)15)5-11(8-16)14-12/h5-8,14H,2-4H2,1H3. The van der Waals surface area contributed by atoms with Gasteiger partial charge in [-0.05, 0) is 36.6 Å². The van der Waals surface area contributed by atoms with Crippen molar-refractivity contribution in [2.75, 3.05) is 18.5 Å². The second-order valence-electron chi connectivity index (χ2n) is 4.44. The molecule has 3 nitrogen and oxygen atoms in total. The molecule has 3 heteroatoms. The number of fused-ring (bicyclic) bond motifs is 2. The largest absolute Gasteiger partial charge is 0.374 e. The summed E-state index contributed by atoms with van der Waals surface area (Å²) in [5, 5.41) is 1.12. The highest BCUT2D eigenvalue weighted by Crippen LogP contribution is 2.30. The summed E-state index contributed by atoms with van der Waals surface area (Å²) in [6.45, 7) is 1.11. The van der Waals surface area contributed by atoms with Crippen LogP contribution >= 0.6 is 0 Å². The Morgan fingerprint density at radius 3 is 3.06 bits per heavy atom. The van der Waals surface area contributed by atoms with E-state index in [9.17, 15) is 4.79 Å². The molecule has 0 radical (unpaired) electrons. The summed E-state index contributed by atoms with van der Waals surface area (Å²) in [4.78, 5) is 16.1. The molecule has 0 saturated carbocycles. The van der Waals surface area contributed by atoms with Gasteiger partial charge in [0.05, 0.1) is 5.69 Å². The molecule has 1 N–H and O–H groups in total. The van der Waals surface area contributed by atoms with E-state index in [1.807, 2.05) is 6.07 Å². The average molecular weight is 214 g/mol. The Morgan fingerprint density at radius 2 is 2.25 bits per heavy atom. The number of aromatic amines is 1. The number of H-pyrrole nitrogens is 1. The van der Waals surface area contributed by atoms with E-state index >= 15 is 0 Å². The monoisotopic (exact) mass is 214 g/mol. The molecule has 1 aromatic heterocycles. The molecule has 1 aliphatic rings. The quantitative estimate of drug-likeness (QED) is 0.740. The summed E-state index contributed by atoms with van der Waals surface area (Å²) >= 11 is 0. The minimum Gasteiger partial charge on any atom is -0.374 e. The molecule has 16 heavy (non-hydrogen) atoms. The number of nitrogens with zero attached hydrogens (tertiary/aromatic N) is 1. The molecule has 2 aromatic rings. The number of aldehydes is 1. The zero-order chi connectivity index (χ0) is 11.1. The Labute approximate surface area is 94.1 Å². The van der Waals surface area contributed by atoms with E-state index in [1.165, 1.54) is 17.7 Å². The summed E-state index contributed by atoms with van der Waals surface area (Å²) in [6.07, 6.45) is 3.20. The molecule has 3 rings (SSSR count). The smallest absolute Gasteiger partial charge is 0.166 e. The van der Waals surface area contributed by atoms with Crippen LogP contribution in [-0.4, -0.2) is 24.9 Å². The highest BCUT2D eigenvalue weighted by Gasteiger charge is 2.15. The van der Waals surface area contributed by atoms with Crippen LogP contribution in [0, 0.1) is 0 Å². The molecular formula is C13H14N2O. The maximum atomic E-state index is 10.7. The van der Waals surface area contributed by atoms with Crippen LogP contribution < -0.4 is 4.90 Å². The molecule has 0 spiro atoms. The van der Waals surface area contributed by atoms with E-state index in [0.29, 0.717) is 5.69 Å². The molecular weight excluding hydrogens is 200 g/mol. The number of nitrogens with one attached hydrogen (secondary N) is 1. The number of carbonyl (C=O) groups is 1. The van der Waals surface area contributed by atoms with E-state index in [0.717, 1.165) is 30.2 Å². The molecule has 82 valence electrons. The third-order valence-corrected chi connectivity index (χ3v) is 3.32. The van der Waals surface area contributed by atoms with Crippen molar-refractivity contribution in [1.82, 2.24) is 4.98 Å². The SMILES string of the molecule is CN1CCCc2cc3[nH]c(C=O)cc3cc21. The number of rotatable bonds is 1. The van der Waals surface area contributed by atoms with Crippen molar-refractivity contribution in [1.29, 1.82) is 0 Å². The predicted molar refractivity (Wildman–Crippen MR) is 65.3 cm³/mol. The maximum Gasteiger partial charge on any atom is 0.166 e. The van der Waals surface area contributed by atoms with Crippen molar-refractivity contribution in [3.05, 3.63) is 29.5 Å². The van der Waals surface area contributed by atoms with Crippen LogP contribution in [0.5, 0.6) is 0 Å². The number of aryl methyl sites for hydroxylation is 1. The Kier molecular flexibility index (Phi) is 1.99. The minimum absolute atomic E-state index is 0.653. The topological polar surface area (TPSA) is 36.1 Å².